The minimum absolute atomic E-state index is 0. The number of nitrogens with zero attached hydrogens (tertiary/aromatic N) is 2. The molecule has 0 radical (unpaired) electrons. The maximum Gasteiger partial charge on any atom is 0.0779 e. The Balaban J connectivity index is -0.00000181. The molecule has 3 aliphatic rings. The fraction of sp³-hybridized carbons (Fsp3) is 0.542. The number of pyridine rings is 1. The molecule has 1 aromatic heterocycles. The summed E-state index contributed by atoms with van der Waals surface area (Å²) in [6.45, 7) is 8.85. The lowest BCUT2D eigenvalue weighted by molar-refractivity contribution is 0.217. The van der Waals surface area contributed by atoms with Crippen LogP contribution in [0, 0.1) is 0 Å². The third kappa shape index (κ3) is 11.7. The molecular weight excluding hydrogens is 852 g/mol. The van der Waals surface area contributed by atoms with Crippen molar-refractivity contribution in [2.75, 3.05) is 52.4 Å². The van der Waals surface area contributed by atoms with Crippen LogP contribution in [0.3, 0.4) is 0 Å². The van der Waals surface area contributed by atoms with Crippen LogP contribution in [0.25, 0.3) is 0 Å². The van der Waals surface area contributed by atoms with Gasteiger partial charge in [0, 0.05) is 45.5 Å². The van der Waals surface area contributed by atoms with Gasteiger partial charge in [-0.15, -0.1) is 102 Å². The summed E-state index contributed by atoms with van der Waals surface area (Å²) in [4.78, 5) is 7.53. The number of fused-ring (bicyclic) bond motifs is 2. The van der Waals surface area contributed by atoms with Crippen molar-refractivity contribution in [3.8, 4) is 0 Å². The minimum Gasteiger partial charge on any atom is -0.326 e. The van der Waals surface area contributed by atoms with Crippen molar-refractivity contribution in [1.82, 2.24) is 25.8 Å². The van der Waals surface area contributed by atoms with E-state index in [2.05, 4.69) is 51.2 Å². The van der Waals surface area contributed by atoms with Gasteiger partial charge in [-0.3, -0.25) is 9.88 Å². The summed E-state index contributed by atoms with van der Waals surface area (Å²) in [5, 5.41) is 10.7. The van der Waals surface area contributed by atoms with Gasteiger partial charge in [0.05, 0.1) is 11.7 Å². The van der Waals surface area contributed by atoms with E-state index in [1.807, 2.05) is 6.20 Å². The summed E-state index contributed by atoms with van der Waals surface area (Å²) in [5.74, 6) is 0. The Morgan fingerprint density at radius 1 is 0.750 bits per heavy atom. The molecule has 0 spiro atoms. The Kier molecular flexibility index (Phi) is 26.3. The van der Waals surface area contributed by atoms with Crippen molar-refractivity contribution in [3.63, 3.8) is 0 Å². The topological polar surface area (TPSA) is 78.2 Å². The van der Waals surface area contributed by atoms with E-state index in [1.54, 1.807) is 0 Å². The van der Waals surface area contributed by atoms with Crippen molar-refractivity contribution in [1.29, 1.82) is 0 Å². The second-order valence-electron chi connectivity index (χ2n) is 8.35. The normalized spacial score (nSPS) is 18.3. The zero-order chi connectivity index (χ0) is 20.6. The van der Waals surface area contributed by atoms with Crippen molar-refractivity contribution in [2.45, 2.75) is 31.8 Å². The maximum atomic E-state index is 6.11. The third-order valence-corrected chi connectivity index (χ3v) is 6.27. The molecule has 0 saturated carbocycles. The number of halogens is 6. The van der Waals surface area contributed by atoms with Gasteiger partial charge in [-0.05, 0) is 67.2 Å². The first kappa shape index (κ1) is 41.5. The molecular formula is C24H42Br6N6. The van der Waals surface area contributed by atoms with Crippen LogP contribution in [-0.4, -0.2) is 62.2 Å². The van der Waals surface area contributed by atoms with Gasteiger partial charge in [0.2, 0.25) is 0 Å². The van der Waals surface area contributed by atoms with Crippen LogP contribution in [0.1, 0.15) is 46.8 Å². The molecule has 1 fully saturated rings. The fourth-order valence-corrected chi connectivity index (χ4v) is 4.64. The minimum atomic E-state index is 0. The van der Waals surface area contributed by atoms with E-state index >= 15 is 0 Å². The molecule has 2 aromatic rings. The zero-order valence-corrected chi connectivity index (χ0v) is 30.7. The van der Waals surface area contributed by atoms with E-state index in [9.17, 15) is 0 Å². The van der Waals surface area contributed by atoms with E-state index in [0.29, 0.717) is 6.54 Å². The molecule has 2 heterocycles. The van der Waals surface area contributed by atoms with Crippen LogP contribution in [0.4, 0.5) is 0 Å². The predicted octanol–water partition coefficient (Wildman–Crippen LogP) is 4.87. The van der Waals surface area contributed by atoms with Gasteiger partial charge in [-0.25, -0.2) is 0 Å². The van der Waals surface area contributed by atoms with Gasteiger partial charge in [0.15, 0.2) is 0 Å². The standard InChI is InChI=1S/C24H36N6.6BrH/c25-18-21-7-11-29-23-22(21)17-19-3-5-20(6-4-19)24(23)30-15-2-10-27-13-12-26-8-1-9-28-14-16-30;;;;;;/h3-7,11,24,26-28H,1-2,8-10,12-18,25H2;6*1H. The van der Waals surface area contributed by atoms with Crippen LogP contribution < -0.4 is 21.7 Å². The average Bonchev–Trinajstić information content (AvgIpc) is 2.76. The number of hydrogen-bond donors (Lipinski definition) is 4. The largest absolute Gasteiger partial charge is 0.326 e. The average molecular weight is 894 g/mol. The van der Waals surface area contributed by atoms with E-state index in [1.165, 1.54) is 27.9 Å². The van der Waals surface area contributed by atoms with Gasteiger partial charge < -0.3 is 21.7 Å². The first-order chi connectivity index (χ1) is 14.9. The Morgan fingerprint density at radius 2 is 1.36 bits per heavy atom. The highest BCUT2D eigenvalue weighted by Crippen LogP contribution is 2.34. The van der Waals surface area contributed by atoms with Gasteiger partial charge in [-0.1, -0.05) is 24.3 Å². The van der Waals surface area contributed by atoms with Gasteiger partial charge in [0.1, 0.15) is 0 Å². The molecule has 2 bridgehead atoms. The monoisotopic (exact) mass is 888 g/mol. The molecule has 210 valence electrons. The first-order valence-electron chi connectivity index (χ1n) is 11.5. The fourth-order valence-electron chi connectivity index (χ4n) is 4.64. The molecule has 36 heavy (non-hydrogen) atoms. The first-order valence-corrected chi connectivity index (χ1v) is 11.5. The van der Waals surface area contributed by atoms with E-state index in [-0.39, 0.29) is 108 Å². The molecule has 1 saturated heterocycles. The van der Waals surface area contributed by atoms with Gasteiger partial charge >= 0.3 is 0 Å². The number of rotatable bonds is 2. The number of aromatic nitrogens is 1. The molecule has 0 amide bonds. The van der Waals surface area contributed by atoms with Crippen molar-refractivity contribution >= 4 is 102 Å². The number of hydrogen-bond acceptors (Lipinski definition) is 6. The molecule has 5 rings (SSSR count). The predicted molar refractivity (Wildman–Crippen MR) is 185 cm³/mol. The molecule has 2 aliphatic carbocycles. The lowest BCUT2D eigenvalue weighted by Gasteiger charge is -2.35. The van der Waals surface area contributed by atoms with Crippen LogP contribution in [-0.2, 0) is 13.0 Å². The highest BCUT2D eigenvalue weighted by molar-refractivity contribution is 8.93. The summed E-state index contributed by atoms with van der Waals surface area (Å²) in [7, 11) is 0. The number of benzene rings is 1. The smallest absolute Gasteiger partial charge is 0.0779 e. The Morgan fingerprint density at radius 3 is 2.00 bits per heavy atom. The van der Waals surface area contributed by atoms with Crippen molar-refractivity contribution in [3.05, 3.63) is 64.5 Å². The maximum absolute atomic E-state index is 6.11. The van der Waals surface area contributed by atoms with E-state index in [0.717, 1.165) is 71.6 Å². The highest BCUT2D eigenvalue weighted by Gasteiger charge is 2.28. The van der Waals surface area contributed by atoms with E-state index < -0.39 is 0 Å². The molecule has 1 aliphatic heterocycles. The summed E-state index contributed by atoms with van der Waals surface area (Å²) < 4.78 is 0. The van der Waals surface area contributed by atoms with Crippen LogP contribution >= 0.6 is 102 Å². The van der Waals surface area contributed by atoms with Crippen LogP contribution in [0.5, 0.6) is 0 Å². The highest BCUT2D eigenvalue weighted by atomic mass is 79.9. The Bertz CT molecular complexity index is 800. The Hall–Kier alpha value is 1.05. The second-order valence-corrected chi connectivity index (χ2v) is 8.35. The SMILES string of the molecule is Br.Br.Br.Br.Br.Br.NCc1ccnc2c1Cc1ccc(cc1)C2N1CCCNCCNCCCNCC1. The molecule has 1 aromatic carbocycles. The third-order valence-electron chi connectivity index (χ3n) is 6.27. The molecule has 1 unspecified atom stereocenters. The van der Waals surface area contributed by atoms with Crippen molar-refractivity contribution < 1.29 is 0 Å². The quantitative estimate of drug-likeness (QED) is 0.346. The summed E-state index contributed by atoms with van der Waals surface area (Å²) in [6, 6.07) is 11.4. The lowest BCUT2D eigenvalue weighted by Crippen LogP contribution is -2.40. The van der Waals surface area contributed by atoms with Gasteiger partial charge in [0.25, 0.3) is 0 Å². The summed E-state index contributed by atoms with van der Waals surface area (Å²) in [6.07, 6.45) is 5.14. The zero-order valence-electron chi connectivity index (χ0n) is 20.4. The van der Waals surface area contributed by atoms with Crippen LogP contribution in [0.2, 0.25) is 0 Å². The Labute approximate surface area is 279 Å². The van der Waals surface area contributed by atoms with Crippen LogP contribution in [0.15, 0.2) is 36.5 Å². The summed E-state index contributed by atoms with van der Waals surface area (Å²) >= 11 is 0. The number of nitrogens with two attached hydrogens (primary N) is 1. The summed E-state index contributed by atoms with van der Waals surface area (Å²) in [5.41, 5.74) is 12.5. The lowest BCUT2D eigenvalue weighted by atomic mass is 9.87. The molecule has 1 atom stereocenters. The number of nitrogens with one attached hydrogen (secondary N) is 3. The van der Waals surface area contributed by atoms with Crippen molar-refractivity contribution in [2.24, 2.45) is 5.73 Å². The molecule has 5 N–H and O–H groups in total. The van der Waals surface area contributed by atoms with E-state index in [4.69, 9.17) is 10.7 Å². The molecule has 6 nitrogen and oxygen atoms in total. The van der Waals surface area contributed by atoms with Gasteiger partial charge in [-0.2, -0.15) is 0 Å². The second kappa shape index (κ2) is 22.8. The molecule has 12 heteroatoms.